The topological polar surface area (TPSA) is 180 Å². The first kappa shape index (κ1) is 36.1. The molecule has 2 N–H and O–H groups in total. The van der Waals surface area contributed by atoms with Crippen LogP contribution >= 0.6 is 7.82 Å². The summed E-state index contributed by atoms with van der Waals surface area (Å²) < 4.78 is 25.0. The average Bonchev–Trinajstić information content (AvgIpc) is 3.30. The molecule has 176 valence electrons. The van der Waals surface area contributed by atoms with Crippen LogP contribution in [0.5, 0.6) is 0 Å². The molecule has 0 saturated heterocycles. The van der Waals surface area contributed by atoms with Crippen molar-refractivity contribution in [2.24, 2.45) is 0 Å². The number of carbonyl (C=O) groups excluding carboxylic acids is 1. The van der Waals surface area contributed by atoms with Gasteiger partial charge in [-0.1, -0.05) is 59.8 Å². The first-order chi connectivity index (χ1) is 15.6. The summed E-state index contributed by atoms with van der Waals surface area (Å²) in [7, 11) is -5.25. The van der Waals surface area contributed by atoms with Crippen LogP contribution in [0.4, 0.5) is 0 Å². The maximum absolute atomic E-state index is 13.0. The molecule has 2 atom stereocenters. The number of aromatic nitrogens is 1. The summed E-state index contributed by atoms with van der Waals surface area (Å²) in [4.78, 5) is 33.4. The van der Waals surface area contributed by atoms with Crippen LogP contribution < -0.4 is 109 Å². The van der Waals surface area contributed by atoms with Crippen LogP contribution in [0.2, 0.25) is 0 Å². The average molecular weight is 544 g/mol. The minimum atomic E-state index is -5.25. The molecule has 0 unspecified atom stereocenters. The standard InChI is InChI=1S/C21H22N2O9P.3Na/c1-21(20(25)22-26,19(24)18-11-17(32-23-18)13-31-33(27,28)29)30-12-14-7-9-16(10-8-14)15-5-3-2-4-6-15;;;/h2-11,19,26H,12-13H2,1H3,(H,22,25)(H2,27,28,29);;;/q-1;3*+1/p-2/t19-,21+;;;/m1.../s1. The first-order valence-corrected chi connectivity index (χ1v) is 11.1. The smallest absolute Gasteiger partial charge is 0.845 e. The molecule has 1 aromatic heterocycles. The van der Waals surface area contributed by atoms with E-state index in [9.17, 15) is 24.3 Å². The number of phosphoric ester groups is 1. The Morgan fingerprint density at radius 3 is 2.22 bits per heavy atom. The number of benzene rings is 2. The van der Waals surface area contributed by atoms with Crippen LogP contribution in [0, 0.1) is 0 Å². The van der Waals surface area contributed by atoms with Gasteiger partial charge in [0.15, 0.2) is 5.76 Å². The summed E-state index contributed by atoms with van der Waals surface area (Å²) in [5.74, 6) is -1.34. The molecular formula is C21H20N2Na3O9P. The number of rotatable bonds is 10. The van der Waals surface area contributed by atoms with Gasteiger partial charge in [-0.15, -0.1) is 0 Å². The minimum absolute atomic E-state index is 0. The SMILES string of the molecule is C[C@@](OCc1ccc(-c2ccccc2)cc1)(C(=O)NO)[C@H]([O-])c1cc(COP(=O)([O-])[O-])on1.[Na+].[Na+].[Na+]. The van der Waals surface area contributed by atoms with Crippen LogP contribution in [0.15, 0.2) is 65.2 Å². The Kier molecular flexibility index (Phi) is 16.3. The van der Waals surface area contributed by atoms with Gasteiger partial charge in [0.1, 0.15) is 12.2 Å². The number of nitrogens with one attached hydrogen (secondary N) is 1. The van der Waals surface area contributed by atoms with Gasteiger partial charge in [0, 0.05) is 6.07 Å². The second-order valence-electron chi connectivity index (χ2n) is 7.22. The Labute approximate surface area is 274 Å². The van der Waals surface area contributed by atoms with Crippen LogP contribution in [-0.4, -0.2) is 21.9 Å². The summed E-state index contributed by atoms with van der Waals surface area (Å²) in [6, 6.07) is 18.0. The van der Waals surface area contributed by atoms with Gasteiger partial charge in [-0.05, 0) is 29.7 Å². The van der Waals surface area contributed by atoms with Crippen molar-refractivity contribution in [3.63, 3.8) is 0 Å². The molecule has 3 rings (SSSR count). The van der Waals surface area contributed by atoms with Crippen LogP contribution in [-0.2, 0) is 31.8 Å². The quantitative estimate of drug-likeness (QED) is 0.108. The van der Waals surface area contributed by atoms with Gasteiger partial charge in [0.25, 0.3) is 5.91 Å². The largest absolute Gasteiger partial charge is 1.00 e. The van der Waals surface area contributed by atoms with Crippen molar-refractivity contribution in [2.45, 2.75) is 31.8 Å². The van der Waals surface area contributed by atoms with Gasteiger partial charge < -0.3 is 33.2 Å². The summed E-state index contributed by atoms with van der Waals surface area (Å²) in [5, 5.41) is 25.6. The van der Waals surface area contributed by atoms with E-state index in [4.69, 9.17) is 14.5 Å². The molecular weight excluding hydrogens is 524 g/mol. The third-order valence-corrected chi connectivity index (χ3v) is 5.31. The summed E-state index contributed by atoms with van der Waals surface area (Å²) >= 11 is 0. The van der Waals surface area contributed by atoms with E-state index in [2.05, 4.69) is 9.68 Å². The predicted octanol–water partition coefficient (Wildman–Crippen LogP) is -8.42. The van der Waals surface area contributed by atoms with Crippen molar-refractivity contribution < 1.29 is 132 Å². The molecule has 0 aliphatic heterocycles. The molecule has 0 radical (unpaired) electrons. The van der Waals surface area contributed by atoms with Gasteiger partial charge >= 0.3 is 88.7 Å². The van der Waals surface area contributed by atoms with Crippen LogP contribution in [0.3, 0.4) is 0 Å². The van der Waals surface area contributed by atoms with Gasteiger partial charge in [0.2, 0.25) is 0 Å². The number of hydroxylamine groups is 1. The fourth-order valence-corrected chi connectivity index (χ4v) is 3.26. The van der Waals surface area contributed by atoms with Crippen molar-refractivity contribution in [1.82, 2.24) is 10.6 Å². The summed E-state index contributed by atoms with van der Waals surface area (Å²) in [6.07, 6.45) is -1.97. The van der Waals surface area contributed by atoms with Crippen LogP contribution in [0.25, 0.3) is 11.1 Å². The van der Waals surface area contributed by atoms with E-state index in [1.807, 2.05) is 42.5 Å². The second-order valence-corrected chi connectivity index (χ2v) is 8.37. The van der Waals surface area contributed by atoms with Crippen molar-refractivity contribution in [3.05, 3.63) is 77.7 Å². The molecule has 36 heavy (non-hydrogen) atoms. The monoisotopic (exact) mass is 544 g/mol. The zero-order valence-electron chi connectivity index (χ0n) is 20.4. The molecule has 0 bridgehead atoms. The summed E-state index contributed by atoms with van der Waals surface area (Å²) in [5.41, 5.74) is 1.63. The van der Waals surface area contributed by atoms with Crippen LogP contribution in [0.1, 0.15) is 30.0 Å². The van der Waals surface area contributed by atoms with Gasteiger partial charge in [-0.2, -0.15) is 0 Å². The maximum Gasteiger partial charge on any atom is 1.00 e. The zero-order valence-corrected chi connectivity index (χ0v) is 27.3. The number of ether oxygens (including phenoxy) is 1. The predicted molar refractivity (Wildman–Crippen MR) is 107 cm³/mol. The molecule has 0 aliphatic rings. The molecule has 1 amide bonds. The van der Waals surface area contributed by atoms with E-state index >= 15 is 0 Å². The number of hydrogen-bond acceptors (Lipinski definition) is 10. The molecule has 11 nitrogen and oxygen atoms in total. The molecule has 0 saturated carbocycles. The molecule has 0 aliphatic carbocycles. The number of nitrogens with zero attached hydrogens (tertiary/aromatic N) is 1. The van der Waals surface area contributed by atoms with Crippen molar-refractivity contribution in [3.8, 4) is 11.1 Å². The molecule has 15 heteroatoms. The minimum Gasteiger partial charge on any atom is -0.845 e. The van der Waals surface area contributed by atoms with Gasteiger partial charge in [-0.3, -0.25) is 10.0 Å². The fraction of sp³-hybridized carbons (Fsp3) is 0.238. The third-order valence-electron chi connectivity index (χ3n) is 4.86. The Balaban J connectivity index is 0.00000408. The molecule has 0 fully saturated rings. The van der Waals surface area contributed by atoms with E-state index in [-0.39, 0.29) is 107 Å². The second kappa shape index (κ2) is 16.3. The van der Waals surface area contributed by atoms with Gasteiger partial charge in [0.05, 0.1) is 20.1 Å². The van der Waals surface area contributed by atoms with Crippen molar-refractivity contribution >= 4 is 13.7 Å². The number of hydrogen-bond donors (Lipinski definition) is 2. The van der Waals surface area contributed by atoms with Gasteiger partial charge in [-0.25, -0.2) is 5.48 Å². The fourth-order valence-electron chi connectivity index (χ4n) is 2.97. The maximum atomic E-state index is 13.0. The van der Waals surface area contributed by atoms with E-state index < -0.39 is 32.0 Å². The van der Waals surface area contributed by atoms with E-state index in [1.165, 1.54) is 12.4 Å². The van der Waals surface area contributed by atoms with Crippen molar-refractivity contribution in [2.75, 3.05) is 0 Å². The normalized spacial score (nSPS) is 13.2. The third kappa shape index (κ3) is 10.0. The van der Waals surface area contributed by atoms with E-state index in [0.717, 1.165) is 17.2 Å². The number of phosphoric acid groups is 1. The van der Waals surface area contributed by atoms with Crippen molar-refractivity contribution in [1.29, 1.82) is 0 Å². The van der Waals surface area contributed by atoms with E-state index in [0.29, 0.717) is 5.56 Å². The number of carbonyl (C=O) groups is 1. The first-order valence-electron chi connectivity index (χ1n) is 9.63. The Bertz CT molecular complexity index is 1130. The molecule has 3 aromatic rings. The molecule has 1 heterocycles. The van der Waals surface area contributed by atoms with E-state index in [1.54, 1.807) is 12.1 Å². The molecule has 2 aromatic carbocycles. The Morgan fingerprint density at radius 1 is 1.08 bits per heavy atom. The Morgan fingerprint density at radius 2 is 1.67 bits per heavy atom. The number of amides is 1. The summed E-state index contributed by atoms with van der Waals surface area (Å²) in [6.45, 7) is 0.269. The zero-order chi connectivity index (χ0) is 24.1. The Hall–Kier alpha value is 0.110. The molecule has 0 spiro atoms.